The Morgan fingerprint density at radius 1 is 0.235 bits per heavy atom. The molecule has 1 heteroatoms. The van der Waals surface area contributed by atoms with Gasteiger partial charge in [-0.15, -0.1) is 0 Å². The predicted octanol–water partition coefficient (Wildman–Crippen LogP) is 3.56. The van der Waals surface area contributed by atoms with Gasteiger partial charge in [-0.05, 0) is 77.0 Å². The Morgan fingerprint density at radius 2 is 0.412 bits per heavy atom. The molecule has 2 aliphatic rings. The molecule has 1 saturated carbocycles. The number of allylic oxidation sites excluding steroid dienone is 4. The molecule has 0 atom stereocenters. The van der Waals surface area contributed by atoms with Crippen molar-refractivity contribution in [1.82, 2.24) is 0 Å². The maximum absolute atomic E-state index is 2.00. The standard InChI is InChI=1S/2C8H8.Hf/c2*1-2-4-6-8-7-5-3-1;/h2*1-8H;/b2-1-,8-7-;;. The van der Waals surface area contributed by atoms with Gasteiger partial charge in [0.1, 0.15) is 0 Å². The molecule has 1 fully saturated rings. The Balaban J connectivity index is 0.000000284. The molecule has 0 bridgehead atoms. The Kier molecular flexibility index (Phi) is 14.7. The van der Waals surface area contributed by atoms with Crippen LogP contribution in [0.5, 0.6) is 0 Å². The third kappa shape index (κ3) is 12.6. The van der Waals surface area contributed by atoms with Gasteiger partial charge < -0.3 is 0 Å². The topological polar surface area (TPSA) is 0 Å². The summed E-state index contributed by atoms with van der Waals surface area (Å²) in [6.07, 6.45) is 32.0. The van der Waals surface area contributed by atoms with Crippen molar-refractivity contribution in [2.24, 2.45) is 0 Å². The molecule has 0 N–H and O–H groups in total. The maximum atomic E-state index is 2.00. The molecule has 0 aliphatic heterocycles. The van der Waals surface area contributed by atoms with E-state index < -0.39 is 0 Å². The van der Waals surface area contributed by atoms with Crippen molar-refractivity contribution in [2.45, 2.75) is 0 Å². The summed E-state index contributed by atoms with van der Waals surface area (Å²) < 4.78 is 0. The van der Waals surface area contributed by atoms with Crippen LogP contribution in [0, 0.1) is 77.0 Å². The summed E-state index contributed by atoms with van der Waals surface area (Å²) in [5.41, 5.74) is 0. The van der Waals surface area contributed by atoms with Gasteiger partial charge >= 0.3 is 0 Å². The Hall–Kier alpha value is 0.350. The van der Waals surface area contributed by atoms with E-state index in [-0.39, 0.29) is 25.8 Å². The first-order valence-electron chi connectivity index (χ1n) is 5.33. The molecule has 2 rings (SSSR count). The van der Waals surface area contributed by atoms with E-state index in [0.29, 0.717) is 0 Å². The quantitative estimate of drug-likeness (QED) is 0.558. The molecule has 0 aromatic heterocycles. The monoisotopic (exact) mass is 388 g/mol. The van der Waals surface area contributed by atoms with Crippen LogP contribution in [0.15, 0.2) is 24.3 Å². The largest absolute Gasteiger partial charge is 0.0839 e. The van der Waals surface area contributed by atoms with Crippen molar-refractivity contribution in [3.63, 3.8) is 0 Å². The van der Waals surface area contributed by atoms with E-state index in [1.165, 1.54) is 0 Å². The molecule has 0 spiro atoms. The van der Waals surface area contributed by atoms with Crippen LogP contribution in [0.2, 0.25) is 0 Å². The Labute approximate surface area is 127 Å². The zero-order valence-corrected chi connectivity index (χ0v) is 13.3. The molecule has 17 heavy (non-hydrogen) atoms. The summed E-state index contributed by atoms with van der Waals surface area (Å²) in [6, 6.07) is 0. The molecule has 0 amide bonds. The first-order chi connectivity index (χ1) is 8.00. The van der Waals surface area contributed by atoms with Crippen LogP contribution < -0.4 is 0 Å². The minimum atomic E-state index is 0. The van der Waals surface area contributed by atoms with E-state index in [1.54, 1.807) is 0 Å². The summed E-state index contributed by atoms with van der Waals surface area (Å²) >= 11 is 0. The van der Waals surface area contributed by atoms with Gasteiger partial charge in [0.2, 0.25) is 0 Å². The molecule has 0 heterocycles. The number of hydrogen-bond donors (Lipinski definition) is 0. The molecule has 12 radical (unpaired) electrons. The third-order valence-corrected chi connectivity index (χ3v) is 1.78. The zero-order valence-electron chi connectivity index (χ0n) is 9.74. The Morgan fingerprint density at radius 3 is 0.588 bits per heavy atom. The van der Waals surface area contributed by atoms with Gasteiger partial charge in [-0.1, -0.05) is 24.3 Å². The number of hydrogen-bond acceptors (Lipinski definition) is 0. The minimum Gasteiger partial charge on any atom is -0.0839 e. The summed E-state index contributed by atoms with van der Waals surface area (Å²) in [7, 11) is 0. The van der Waals surface area contributed by atoms with E-state index in [9.17, 15) is 0 Å². The molecule has 0 aromatic rings. The van der Waals surface area contributed by atoms with Crippen LogP contribution in [0.1, 0.15) is 0 Å². The van der Waals surface area contributed by atoms with Crippen molar-refractivity contribution in [2.75, 3.05) is 0 Å². The van der Waals surface area contributed by atoms with E-state index in [2.05, 4.69) is 0 Å². The van der Waals surface area contributed by atoms with Crippen molar-refractivity contribution in [1.29, 1.82) is 0 Å². The molecular formula is C16H16Hf. The summed E-state index contributed by atoms with van der Waals surface area (Å²) in [4.78, 5) is 0. The van der Waals surface area contributed by atoms with Crippen LogP contribution in [0.25, 0.3) is 0 Å². The molecule has 0 nitrogen and oxygen atoms in total. The van der Waals surface area contributed by atoms with Gasteiger partial charge in [0.05, 0.1) is 0 Å². The molecule has 84 valence electrons. The molecule has 2 aliphatic carbocycles. The van der Waals surface area contributed by atoms with Gasteiger partial charge in [0.25, 0.3) is 0 Å². The fourth-order valence-corrected chi connectivity index (χ4v) is 1.03. The summed E-state index contributed by atoms with van der Waals surface area (Å²) in [6.45, 7) is 0. The van der Waals surface area contributed by atoms with E-state index >= 15 is 0 Å². The van der Waals surface area contributed by atoms with Crippen molar-refractivity contribution < 1.29 is 25.8 Å². The van der Waals surface area contributed by atoms with Crippen molar-refractivity contribution in [3.8, 4) is 0 Å². The smallest absolute Gasteiger partial charge is 0 e. The van der Waals surface area contributed by atoms with Crippen LogP contribution in [-0.4, -0.2) is 0 Å². The van der Waals surface area contributed by atoms with Gasteiger partial charge in [0, 0.05) is 25.8 Å². The van der Waals surface area contributed by atoms with E-state index in [1.807, 2.05) is 101 Å². The third-order valence-electron chi connectivity index (χ3n) is 1.78. The van der Waals surface area contributed by atoms with Crippen molar-refractivity contribution >= 4 is 0 Å². The summed E-state index contributed by atoms with van der Waals surface area (Å²) in [5.74, 6) is 0. The second kappa shape index (κ2) is 14.4. The Bertz CT molecular complexity index is 144. The second-order valence-electron chi connectivity index (χ2n) is 3.08. The minimum absolute atomic E-state index is 0. The first-order valence-corrected chi connectivity index (χ1v) is 5.33. The fraction of sp³-hybridized carbons (Fsp3) is 0. The first kappa shape index (κ1) is 17.4. The average Bonchev–Trinajstić information content (AvgIpc) is 2.15. The molecule has 0 unspecified atom stereocenters. The van der Waals surface area contributed by atoms with Gasteiger partial charge in [0.15, 0.2) is 0 Å². The normalized spacial score (nSPS) is 24.5. The van der Waals surface area contributed by atoms with E-state index in [4.69, 9.17) is 0 Å². The number of rotatable bonds is 0. The molecule has 0 aromatic carbocycles. The predicted molar refractivity (Wildman–Crippen MR) is 69.9 cm³/mol. The van der Waals surface area contributed by atoms with Crippen molar-refractivity contribution in [3.05, 3.63) is 101 Å². The maximum Gasteiger partial charge on any atom is 0 e. The average molecular weight is 387 g/mol. The van der Waals surface area contributed by atoms with Crippen LogP contribution in [0.4, 0.5) is 0 Å². The second-order valence-corrected chi connectivity index (χ2v) is 3.08. The van der Waals surface area contributed by atoms with Crippen LogP contribution in [-0.2, 0) is 25.8 Å². The molecule has 0 saturated heterocycles. The van der Waals surface area contributed by atoms with Crippen LogP contribution >= 0.6 is 0 Å². The molecular weight excluding hydrogens is 371 g/mol. The van der Waals surface area contributed by atoms with Gasteiger partial charge in [-0.25, -0.2) is 0 Å². The van der Waals surface area contributed by atoms with E-state index in [0.717, 1.165) is 0 Å². The van der Waals surface area contributed by atoms with Gasteiger partial charge in [-0.3, -0.25) is 0 Å². The fourth-order valence-electron chi connectivity index (χ4n) is 1.03. The van der Waals surface area contributed by atoms with Gasteiger partial charge in [-0.2, -0.15) is 0 Å². The SMILES string of the molecule is [CH]1[CH]/C=C\[CH][CH]/C=C\1.[CH]1[CH][CH][CH][CH][CH][CH][CH]1.[Hf]. The zero-order chi connectivity index (χ0) is 11.3. The van der Waals surface area contributed by atoms with Crippen LogP contribution in [0.3, 0.4) is 0 Å². The summed E-state index contributed by atoms with van der Waals surface area (Å²) in [5, 5.41) is 0.